The summed E-state index contributed by atoms with van der Waals surface area (Å²) in [5.41, 5.74) is 0.592. The highest BCUT2D eigenvalue weighted by atomic mass is 32.2. The molecular weight excluding hydrogens is 147 g/mol. The van der Waals surface area contributed by atoms with Crippen molar-refractivity contribution in [3.05, 3.63) is 24.3 Å². The molecule has 50 valence electrons. The minimum atomic E-state index is -1.89. The molecule has 0 bridgehead atoms. The Kier molecular flexibility index (Phi) is 2.24. The topological polar surface area (TPSA) is 37.3 Å². The van der Waals surface area contributed by atoms with E-state index in [0.717, 1.165) is 0 Å². The van der Waals surface area contributed by atoms with Gasteiger partial charge in [-0.15, -0.1) is 0 Å². The van der Waals surface area contributed by atoms with E-state index in [9.17, 15) is 4.21 Å². The summed E-state index contributed by atoms with van der Waals surface area (Å²) in [4.78, 5) is 0.370. The van der Waals surface area contributed by atoms with Crippen LogP contribution < -0.4 is 5.46 Å². The van der Waals surface area contributed by atoms with Gasteiger partial charge < -0.3 is 4.55 Å². The molecule has 0 amide bonds. The van der Waals surface area contributed by atoms with E-state index in [0.29, 0.717) is 10.4 Å². The van der Waals surface area contributed by atoms with Gasteiger partial charge in [0.15, 0.2) is 11.1 Å². The molecule has 0 aliphatic heterocycles. The van der Waals surface area contributed by atoms with Crippen molar-refractivity contribution in [2.45, 2.75) is 4.90 Å². The molecule has 0 aliphatic rings. The zero-order chi connectivity index (χ0) is 7.56. The van der Waals surface area contributed by atoms with Gasteiger partial charge in [-0.2, -0.15) is 0 Å². The molecular formula is C6H5BO2S. The Morgan fingerprint density at radius 1 is 1.30 bits per heavy atom. The second-order valence-electron chi connectivity index (χ2n) is 1.82. The van der Waals surface area contributed by atoms with Crippen LogP contribution in [0.1, 0.15) is 0 Å². The van der Waals surface area contributed by atoms with Crippen molar-refractivity contribution in [2.75, 3.05) is 0 Å². The summed E-state index contributed by atoms with van der Waals surface area (Å²) in [6, 6.07) is 6.21. The van der Waals surface area contributed by atoms with E-state index < -0.39 is 11.1 Å². The molecule has 0 heterocycles. The van der Waals surface area contributed by atoms with E-state index in [4.69, 9.17) is 12.4 Å². The van der Waals surface area contributed by atoms with Gasteiger partial charge in [0.25, 0.3) is 0 Å². The number of hydrogen-bond acceptors (Lipinski definition) is 1. The van der Waals surface area contributed by atoms with E-state index in [-0.39, 0.29) is 0 Å². The van der Waals surface area contributed by atoms with Gasteiger partial charge >= 0.3 is 0 Å². The largest absolute Gasteiger partial charge is 0.302 e. The van der Waals surface area contributed by atoms with Crippen LogP contribution in [0.15, 0.2) is 29.2 Å². The Hall–Kier alpha value is -0.605. The lowest BCUT2D eigenvalue weighted by Gasteiger charge is -1.93. The van der Waals surface area contributed by atoms with E-state index in [1.165, 1.54) is 12.1 Å². The second-order valence-corrected chi connectivity index (χ2v) is 2.79. The van der Waals surface area contributed by atoms with Crippen LogP contribution in [0.5, 0.6) is 0 Å². The summed E-state index contributed by atoms with van der Waals surface area (Å²) in [5.74, 6) is 0. The lowest BCUT2D eigenvalue weighted by molar-refractivity contribution is 0.564. The van der Waals surface area contributed by atoms with Gasteiger partial charge in [0.05, 0.1) is 4.90 Å². The van der Waals surface area contributed by atoms with Gasteiger partial charge in [0, 0.05) is 0 Å². The molecule has 2 radical (unpaired) electrons. The summed E-state index contributed by atoms with van der Waals surface area (Å²) in [6.07, 6.45) is 0. The maximum atomic E-state index is 10.4. The average Bonchev–Trinajstić information content (AvgIpc) is 1.88. The molecule has 4 heteroatoms. The van der Waals surface area contributed by atoms with Crippen LogP contribution in [0.25, 0.3) is 0 Å². The van der Waals surface area contributed by atoms with E-state index in [1.54, 1.807) is 12.1 Å². The van der Waals surface area contributed by atoms with Crippen LogP contribution in [0.4, 0.5) is 0 Å². The maximum Gasteiger partial charge on any atom is 0.186 e. The van der Waals surface area contributed by atoms with Crippen molar-refractivity contribution in [1.82, 2.24) is 0 Å². The second kappa shape index (κ2) is 2.99. The maximum absolute atomic E-state index is 10.4. The molecule has 2 nitrogen and oxygen atoms in total. The fourth-order valence-corrected chi connectivity index (χ4v) is 0.953. The van der Waals surface area contributed by atoms with Gasteiger partial charge in [0.2, 0.25) is 0 Å². The highest BCUT2D eigenvalue weighted by Gasteiger charge is 1.95. The molecule has 1 atom stereocenters. The van der Waals surface area contributed by atoms with Crippen LogP contribution in [-0.4, -0.2) is 16.6 Å². The van der Waals surface area contributed by atoms with Crippen molar-refractivity contribution in [3.8, 4) is 0 Å². The van der Waals surface area contributed by atoms with E-state index >= 15 is 0 Å². The monoisotopic (exact) mass is 152 g/mol. The third kappa shape index (κ3) is 1.69. The summed E-state index contributed by atoms with van der Waals surface area (Å²) in [6.45, 7) is 0. The predicted molar refractivity (Wildman–Crippen MR) is 40.9 cm³/mol. The molecule has 0 saturated carbocycles. The predicted octanol–water partition coefficient (Wildman–Crippen LogP) is 0.0610. The Morgan fingerprint density at radius 3 is 2.20 bits per heavy atom. The number of hydrogen-bond donors (Lipinski definition) is 1. The molecule has 0 fully saturated rings. The highest BCUT2D eigenvalue weighted by molar-refractivity contribution is 7.79. The quantitative estimate of drug-likeness (QED) is 0.456. The molecule has 10 heavy (non-hydrogen) atoms. The summed E-state index contributed by atoms with van der Waals surface area (Å²) in [5, 5.41) is 0. The van der Waals surface area contributed by atoms with Gasteiger partial charge in [-0.05, 0) is 12.1 Å². The summed E-state index contributed by atoms with van der Waals surface area (Å²) >= 11 is -1.89. The lowest BCUT2D eigenvalue weighted by atomic mass is 9.97. The Bertz CT molecular complexity index is 244. The SMILES string of the molecule is [B]c1ccc(S(=O)O)cc1. The van der Waals surface area contributed by atoms with E-state index in [1.807, 2.05) is 0 Å². The van der Waals surface area contributed by atoms with Crippen molar-refractivity contribution in [1.29, 1.82) is 0 Å². The standard InChI is InChI=1S/C6H5BO2S/c7-5-1-3-6(4-2-5)10(8)9/h1-4H,(H,8,9). The average molecular weight is 152 g/mol. The third-order valence-corrected chi connectivity index (χ3v) is 1.76. The fourth-order valence-electron chi connectivity index (χ4n) is 0.584. The first kappa shape index (κ1) is 7.50. The van der Waals surface area contributed by atoms with Crippen LogP contribution in [0, 0.1) is 0 Å². The van der Waals surface area contributed by atoms with Gasteiger partial charge in [-0.25, -0.2) is 4.21 Å². The highest BCUT2D eigenvalue weighted by Crippen LogP contribution is 1.99. The van der Waals surface area contributed by atoms with Gasteiger partial charge in [0.1, 0.15) is 7.85 Å². The molecule has 1 aromatic rings. The molecule has 1 aromatic carbocycles. The smallest absolute Gasteiger partial charge is 0.186 e. The minimum Gasteiger partial charge on any atom is -0.302 e. The molecule has 1 N–H and O–H groups in total. The van der Waals surface area contributed by atoms with Crippen LogP contribution >= 0.6 is 0 Å². The van der Waals surface area contributed by atoms with E-state index in [2.05, 4.69) is 0 Å². The van der Waals surface area contributed by atoms with Crippen molar-refractivity contribution < 1.29 is 8.76 Å². The zero-order valence-corrected chi connectivity index (χ0v) is 5.97. The summed E-state index contributed by atoms with van der Waals surface area (Å²) in [7, 11) is 5.35. The fraction of sp³-hybridized carbons (Fsp3) is 0. The molecule has 0 saturated heterocycles. The number of benzene rings is 1. The Balaban J connectivity index is 3.00. The molecule has 0 aliphatic carbocycles. The molecule has 0 spiro atoms. The minimum absolute atomic E-state index is 0.370. The molecule has 1 rings (SSSR count). The van der Waals surface area contributed by atoms with Crippen LogP contribution in [0.2, 0.25) is 0 Å². The van der Waals surface area contributed by atoms with Crippen LogP contribution in [0.3, 0.4) is 0 Å². The van der Waals surface area contributed by atoms with Crippen molar-refractivity contribution in [2.24, 2.45) is 0 Å². The Morgan fingerprint density at radius 2 is 1.80 bits per heavy atom. The first-order chi connectivity index (χ1) is 4.70. The zero-order valence-electron chi connectivity index (χ0n) is 5.15. The van der Waals surface area contributed by atoms with Gasteiger partial charge in [-0.3, -0.25) is 0 Å². The Labute approximate surface area is 63.0 Å². The third-order valence-electron chi connectivity index (χ3n) is 1.08. The van der Waals surface area contributed by atoms with Crippen molar-refractivity contribution in [3.63, 3.8) is 0 Å². The molecule has 0 aromatic heterocycles. The first-order valence-corrected chi connectivity index (χ1v) is 3.77. The summed E-state index contributed by atoms with van der Waals surface area (Å²) < 4.78 is 18.9. The lowest BCUT2D eigenvalue weighted by Crippen LogP contribution is -2.00. The van der Waals surface area contributed by atoms with Gasteiger partial charge in [-0.1, -0.05) is 17.6 Å². The van der Waals surface area contributed by atoms with Crippen LogP contribution in [-0.2, 0) is 11.1 Å². The first-order valence-electron chi connectivity index (χ1n) is 2.66. The molecule has 1 unspecified atom stereocenters. The van der Waals surface area contributed by atoms with Crippen molar-refractivity contribution >= 4 is 24.4 Å². The normalized spacial score (nSPS) is 12.9. The number of rotatable bonds is 1.